The van der Waals surface area contributed by atoms with Gasteiger partial charge in [-0.1, -0.05) is 12.1 Å². The Morgan fingerprint density at radius 3 is 2.56 bits per heavy atom. The number of nitrogens with zero attached hydrogens (tertiary/aromatic N) is 1. The summed E-state index contributed by atoms with van der Waals surface area (Å²) in [5, 5.41) is 2.75. The molecule has 27 heavy (non-hydrogen) atoms. The number of anilines is 1. The number of ether oxygens (including phenoxy) is 2. The third-order valence-electron chi connectivity index (χ3n) is 4.31. The van der Waals surface area contributed by atoms with Crippen molar-refractivity contribution in [3.63, 3.8) is 0 Å². The lowest BCUT2D eigenvalue weighted by atomic mass is 10.2. The van der Waals surface area contributed by atoms with E-state index in [0.717, 1.165) is 0 Å². The number of benzene rings is 2. The van der Waals surface area contributed by atoms with Gasteiger partial charge in [0, 0.05) is 18.8 Å². The van der Waals surface area contributed by atoms with Crippen LogP contribution in [0.3, 0.4) is 0 Å². The highest BCUT2D eigenvalue weighted by molar-refractivity contribution is 7.89. The first kappa shape index (κ1) is 19.3. The first-order valence-electron chi connectivity index (χ1n) is 8.58. The molecule has 1 saturated heterocycles. The molecule has 0 radical (unpaired) electrons. The van der Waals surface area contributed by atoms with Crippen LogP contribution in [-0.4, -0.2) is 51.5 Å². The third kappa shape index (κ3) is 4.29. The van der Waals surface area contributed by atoms with E-state index in [2.05, 4.69) is 5.32 Å². The van der Waals surface area contributed by atoms with Gasteiger partial charge < -0.3 is 14.8 Å². The first-order chi connectivity index (χ1) is 12.9. The monoisotopic (exact) mass is 390 g/mol. The van der Waals surface area contributed by atoms with Crippen LogP contribution < -0.4 is 10.1 Å². The maximum Gasteiger partial charge on any atom is 0.259 e. The van der Waals surface area contributed by atoms with Gasteiger partial charge in [-0.2, -0.15) is 4.31 Å². The zero-order chi connectivity index (χ0) is 19.4. The minimum absolute atomic E-state index is 0.132. The van der Waals surface area contributed by atoms with Gasteiger partial charge in [-0.05, 0) is 43.3 Å². The van der Waals surface area contributed by atoms with Gasteiger partial charge in [0.05, 0.1) is 30.3 Å². The molecule has 1 aliphatic rings. The highest BCUT2D eigenvalue weighted by Crippen LogP contribution is 2.22. The summed E-state index contributed by atoms with van der Waals surface area (Å²) >= 11 is 0. The molecule has 0 aliphatic carbocycles. The third-order valence-corrected chi connectivity index (χ3v) is 6.18. The lowest BCUT2D eigenvalue weighted by molar-refractivity contribution is 0.0102. The number of nitrogens with one attached hydrogen (secondary N) is 1. The molecule has 0 saturated carbocycles. The van der Waals surface area contributed by atoms with E-state index in [1.54, 1.807) is 36.4 Å². The fraction of sp³-hybridized carbons (Fsp3) is 0.316. The molecule has 144 valence electrons. The summed E-state index contributed by atoms with van der Waals surface area (Å²) in [5.41, 5.74) is 0.902. The second kappa shape index (κ2) is 8.08. The summed E-state index contributed by atoms with van der Waals surface area (Å²) in [6.45, 7) is 2.89. The van der Waals surface area contributed by atoms with Crippen LogP contribution in [0, 0.1) is 0 Å². The van der Waals surface area contributed by atoms with Crippen LogP contribution in [0.15, 0.2) is 53.4 Å². The second-order valence-electron chi connectivity index (χ2n) is 6.22. The number of carbonyl (C=O) groups is 1. The summed E-state index contributed by atoms with van der Waals surface area (Å²) in [7, 11) is -2.08. The quantitative estimate of drug-likeness (QED) is 0.847. The van der Waals surface area contributed by atoms with Crippen molar-refractivity contribution >= 4 is 21.6 Å². The molecule has 1 aliphatic heterocycles. The van der Waals surface area contributed by atoms with Crippen LogP contribution in [-0.2, 0) is 14.8 Å². The van der Waals surface area contributed by atoms with Crippen molar-refractivity contribution in [3.8, 4) is 5.75 Å². The molecule has 1 fully saturated rings. The Labute approximate surface area is 158 Å². The molecule has 2 aromatic carbocycles. The first-order valence-corrected chi connectivity index (χ1v) is 10.0. The Bertz CT molecular complexity index is 912. The topological polar surface area (TPSA) is 84.9 Å². The normalized spacial score (nSPS) is 18.1. The molecule has 3 rings (SSSR count). The predicted molar refractivity (Wildman–Crippen MR) is 102 cm³/mol. The van der Waals surface area contributed by atoms with Gasteiger partial charge in [0.25, 0.3) is 5.91 Å². The van der Waals surface area contributed by atoms with E-state index >= 15 is 0 Å². The van der Waals surface area contributed by atoms with E-state index in [4.69, 9.17) is 9.47 Å². The summed E-state index contributed by atoms with van der Waals surface area (Å²) < 4.78 is 37.5. The summed E-state index contributed by atoms with van der Waals surface area (Å²) in [4.78, 5) is 12.6. The van der Waals surface area contributed by atoms with Crippen LogP contribution in [0.4, 0.5) is 5.69 Å². The number of sulfonamides is 1. The highest BCUT2D eigenvalue weighted by atomic mass is 32.2. The summed E-state index contributed by atoms with van der Waals surface area (Å²) in [6, 6.07) is 13.0. The van der Waals surface area contributed by atoms with Gasteiger partial charge in [-0.15, -0.1) is 0 Å². The Kier molecular flexibility index (Phi) is 5.79. The van der Waals surface area contributed by atoms with E-state index in [-0.39, 0.29) is 16.9 Å². The fourth-order valence-electron chi connectivity index (χ4n) is 2.89. The van der Waals surface area contributed by atoms with E-state index in [9.17, 15) is 13.2 Å². The van der Waals surface area contributed by atoms with E-state index in [0.29, 0.717) is 36.7 Å². The van der Waals surface area contributed by atoms with Gasteiger partial charge in [0.15, 0.2) is 0 Å². The number of para-hydroxylation sites is 1. The molecule has 8 heteroatoms. The largest absolute Gasteiger partial charge is 0.496 e. The van der Waals surface area contributed by atoms with Crippen molar-refractivity contribution in [2.24, 2.45) is 0 Å². The highest BCUT2D eigenvalue weighted by Gasteiger charge is 2.29. The van der Waals surface area contributed by atoms with Gasteiger partial charge in [0.1, 0.15) is 5.75 Å². The molecular formula is C19H22N2O5S. The molecule has 1 atom stereocenters. The Balaban J connectivity index is 1.74. The van der Waals surface area contributed by atoms with Crippen molar-refractivity contribution in [2.45, 2.75) is 17.9 Å². The van der Waals surface area contributed by atoms with Crippen molar-refractivity contribution in [2.75, 3.05) is 32.1 Å². The van der Waals surface area contributed by atoms with Gasteiger partial charge in [0.2, 0.25) is 10.0 Å². The molecule has 1 amide bonds. The van der Waals surface area contributed by atoms with Crippen molar-refractivity contribution in [3.05, 3.63) is 54.1 Å². The maximum absolute atomic E-state index is 12.7. The minimum atomic E-state index is -3.58. The second-order valence-corrected chi connectivity index (χ2v) is 8.16. The Hall–Kier alpha value is -2.42. The smallest absolute Gasteiger partial charge is 0.259 e. The number of hydrogen-bond acceptors (Lipinski definition) is 5. The predicted octanol–water partition coefficient (Wildman–Crippen LogP) is 2.36. The molecule has 1 heterocycles. The van der Waals surface area contributed by atoms with Crippen molar-refractivity contribution in [1.82, 2.24) is 4.31 Å². The van der Waals surface area contributed by atoms with E-state index in [1.165, 1.54) is 23.5 Å². The van der Waals surface area contributed by atoms with Crippen molar-refractivity contribution in [1.29, 1.82) is 0 Å². The molecular weight excluding hydrogens is 368 g/mol. The zero-order valence-corrected chi connectivity index (χ0v) is 16.0. The lowest BCUT2D eigenvalue weighted by Gasteiger charge is -2.30. The van der Waals surface area contributed by atoms with Gasteiger partial charge >= 0.3 is 0 Å². The SMILES string of the molecule is COc1ccccc1C(=O)Nc1ccc(S(=O)(=O)N2CCOC(C)C2)cc1. The molecule has 0 aromatic heterocycles. The number of amides is 1. The van der Waals surface area contributed by atoms with Crippen LogP contribution in [0.25, 0.3) is 0 Å². The number of morpholine rings is 1. The molecule has 2 aromatic rings. The molecule has 1 N–H and O–H groups in total. The van der Waals surface area contributed by atoms with E-state index < -0.39 is 10.0 Å². The maximum atomic E-state index is 12.7. The Morgan fingerprint density at radius 1 is 1.19 bits per heavy atom. The Morgan fingerprint density at radius 2 is 1.89 bits per heavy atom. The number of hydrogen-bond donors (Lipinski definition) is 1. The minimum Gasteiger partial charge on any atom is -0.496 e. The van der Waals surface area contributed by atoms with Crippen LogP contribution >= 0.6 is 0 Å². The molecule has 0 bridgehead atoms. The van der Waals surface area contributed by atoms with Crippen LogP contribution in [0.2, 0.25) is 0 Å². The average Bonchev–Trinajstić information content (AvgIpc) is 2.68. The fourth-order valence-corrected chi connectivity index (χ4v) is 4.39. The zero-order valence-electron chi connectivity index (χ0n) is 15.2. The van der Waals surface area contributed by atoms with Gasteiger partial charge in [-0.25, -0.2) is 8.42 Å². The summed E-state index contributed by atoms with van der Waals surface area (Å²) in [5.74, 6) is 0.140. The number of methoxy groups -OCH3 is 1. The molecule has 7 nitrogen and oxygen atoms in total. The van der Waals surface area contributed by atoms with E-state index in [1.807, 2.05) is 6.92 Å². The number of rotatable bonds is 5. The molecule has 1 unspecified atom stereocenters. The standard InChI is InChI=1S/C19H22N2O5S/c1-14-13-21(11-12-26-14)27(23,24)16-9-7-15(8-10-16)20-19(22)17-5-3-4-6-18(17)25-2/h3-10,14H,11-13H2,1-2H3,(H,20,22). The average molecular weight is 390 g/mol. The molecule has 0 spiro atoms. The van der Waals surface area contributed by atoms with Crippen LogP contribution in [0.1, 0.15) is 17.3 Å². The number of carbonyl (C=O) groups excluding carboxylic acids is 1. The summed E-state index contributed by atoms with van der Waals surface area (Å²) in [6.07, 6.45) is -0.132. The van der Waals surface area contributed by atoms with Gasteiger partial charge in [-0.3, -0.25) is 4.79 Å². The van der Waals surface area contributed by atoms with Crippen LogP contribution in [0.5, 0.6) is 5.75 Å². The lowest BCUT2D eigenvalue weighted by Crippen LogP contribution is -2.44. The van der Waals surface area contributed by atoms with Crippen molar-refractivity contribution < 1.29 is 22.7 Å².